The van der Waals surface area contributed by atoms with Gasteiger partial charge in [0.2, 0.25) is 0 Å². The van der Waals surface area contributed by atoms with Gasteiger partial charge in [-0.15, -0.1) is 0 Å². The summed E-state index contributed by atoms with van der Waals surface area (Å²) in [5, 5.41) is 14.4. The van der Waals surface area contributed by atoms with E-state index in [1.165, 1.54) is 0 Å². The lowest BCUT2D eigenvalue weighted by Crippen LogP contribution is -2.36. The molecular formula is C15H20N2O2S. The van der Waals surface area contributed by atoms with E-state index in [1.807, 2.05) is 30.5 Å². The van der Waals surface area contributed by atoms with E-state index in [0.717, 1.165) is 16.6 Å². The molecule has 0 aliphatic carbocycles. The molecule has 108 valence electrons. The number of aryl methyl sites for hydroxylation is 1. The molecule has 0 bridgehead atoms. The first-order valence-corrected chi connectivity index (χ1v) is 7.88. The van der Waals surface area contributed by atoms with E-state index in [4.69, 9.17) is 0 Å². The highest BCUT2D eigenvalue weighted by atomic mass is 32.2. The maximum atomic E-state index is 12.0. The fraction of sp³-hybridized carbons (Fsp3) is 0.400. The van der Waals surface area contributed by atoms with Crippen LogP contribution in [0.3, 0.4) is 0 Å². The highest BCUT2D eigenvalue weighted by Crippen LogP contribution is 2.22. The monoisotopic (exact) mass is 292 g/mol. The first-order chi connectivity index (χ1) is 9.44. The third kappa shape index (κ3) is 3.16. The minimum Gasteiger partial charge on any atom is -0.387 e. The van der Waals surface area contributed by atoms with E-state index in [1.54, 1.807) is 36.4 Å². The van der Waals surface area contributed by atoms with Crippen molar-refractivity contribution >= 4 is 28.4 Å². The fourth-order valence-electron chi connectivity index (χ4n) is 2.20. The minimum atomic E-state index is -0.804. The molecule has 1 heterocycles. The van der Waals surface area contributed by atoms with Crippen molar-refractivity contribution in [3.63, 3.8) is 0 Å². The van der Waals surface area contributed by atoms with Crippen molar-refractivity contribution in [3.05, 3.63) is 40.7 Å². The maximum Gasteiger partial charge on any atom is 0.252 e. The Hall–Kier alpha value is -1.46. The zero-order chi connectivity index (χ0) is 14.8. The summed E-state index contributed by atoms with van der Waals surface area (Å²) in [7, 11) is 1.76. The van der Waals surface area contributed by atoms with Crippen molar-refractivity contribution in [1.82, 2.24) is 4.57 Å². The Kier molecular flexibility index (Phi) is 4.40. The number of para-hydroxylation sites is 1. The number of rotatable bonds is 5. The fourth-order valence-corrected chi connectivity index (χ4v) is 2.93. The second kappa shape index (κ2) is 5.89. The van der Waals surface area contributed by atoms with Crippen LogP contribution in [0.25, 0.3) is 10.9 Å². The first kappa shape index (κ1) is 14.9. The number of aliphatic hydroxyl groups is 1. The van der Waals surface area contributed by atoms with Crippen LogP contribution < -0.4 is 10.9 Å². The van der Waals surface area contributed by atoms with Gasteiger partial charge in [-0.3, -0.25) is 4.79 Å². The Morgan fingerprint density at radius 3 is 2.80 bits per heavy atom. The molecule has 1 atom stereocenters. The van der Waals surface area contributed by atoms with Crippen molar-refractivity contribution in [2.75, 3.05) is 23.9 Å². The summed E-state index contributed by atoms with van der Waals surface area (Å²) in [6.07, 6.45) is 1.96. The minimum absolute atomic E-state index is 0.0595. The van der Waals surface area contributed by atoms with Crippen LogP contribution in [-0.4, -0.2) is 33.8 Å². The lowest BCUT2D eigenvalue weighted by atomic mass is 10.1. The van der Waals surface area contributed by atoms with Gasteiger partial charge in [-0.05, 0) is 19.2 Å². The zero-order valence-electron chi connectivity index (χ0n) is 12.0. The van der Waals surface area contributed by atoms with E-state index in [0.29, 0.717) is 12.3 Å². The van der Waals surface area contributed by atoms with Crippen molar-refractivity contribution in [2.45, 2.75) is 12.5 Å². The van der Waals surface area contributed by atoms with Gasteiger partial charge in [0, 0.05) is 36.5 Å². The van der Waals surface area contributed by atoms with Crippen LogP contribution in [0.15, 0.2) is 35.1 Å². The number of anilines is 1. The molecule has 0 aliphatic rings. The lowest BCUT2D eigenvalue weighted by Gasteiger charge is -2.23. The summed E-state index contributed by atoms with van der Waals surface area (Å²) in [5.41, 5.74) is 0.787. The molecule has 4 nitrogen and oxygen atoms in total. The Morgan fingerprint density at radius 2 is 2.10 bits per heavy atom. The van der Waals surface area contributed by atoms with E-state index in [-0.39, 0.29) is 5.56 Å². The van der Waals surface area contributed by atoms with E-state index in [9.17, 15) is 9.90 Å². The van der Waals surface area contributed by atoms with Crippen molar-refractivity contribution in [1.29, 1.82) is 0 Å². The van der Waals surface area contributed by atoms with Gasteiger partial charge in [-0.25, -0.2) is 0 Å². The molecular weight excluding hydrogens is 272 g/mol. The standard InChI is InChI=1S/C15H20N2O2S/c1-15(19,10-20-3)9-16-12-8-14(18)17(2)13-7-5-4-6-11(12)13/h4-8,16,19H,9-10H2,1-3H3. The predicted molar refractivity (Wildman–Crippen MR) is 86.7 cm³/mol. The molecule has 0 radical (unpaired) electrons. The average molecular weight is 292 g/mol. The Balaban J connectivity index is 2.36. The summed E-state index contributed by atoms with van der Waals surface area (Å²) in [6, 6.07) is 9.33. The number of nitrogens with zero attached hydrogens (tertiary/aromatic N) is 1. The number of aromatic nitrogens is 1. The number of pyridine rings is 1. The van der Waals surface area contributed by atoms with Gasteiger partial charge in [0.05, 0.1) is 11.1 Å². The van der Waals surface area contributed by atoms with Crippen LogP contribution in [0, 0.1) is 0 Å². The van der Waals surface area contributed by atoms with Crippen LogP contribution in [-0.2, 0) is 7.05 Å². The van der Waals surface area contributed by atoms with Crippen molar-refractivity contribution in [2.24, 2.45) is 7.05 Å². The van der Waals surface area contributed by atoms with Crippen molar-refractivity contribution < 1.29 is 5.11 Å². The molecule has 20 heavy (non-hydrogen) atoms. The van der Waals surface area contributed by atoms with Gasteiger partial charge in [-0.2, -0.15) is 11.8 Å². The predicted octanol–water partition coefficient (Wildman–Crippen LogP) is 2.06. The van der Waals surface area contributed by atoms with Gasteiger partial charge in [0.1, 0.15) is 0 Å². The van der Waals surface area contributed by atoms with Gasteiger partial charge in [0.25, 0.3) is 5.56 Å². The molecule has 2 aromatic rings. The summed E-state index contributed by atoms with van der Waals surface area (Å²) < 4.78 is 1.63. The normalized spacial score (nSPS) is 14.2. The summed E-state index contributed by atoms with van der Waals surface area (Å²) in [5.74, 6) is 0.642. The largest absolute Gasteiger partial charge is 0.387 e. The SMILES string of the molecule is CSCC(C)(O)CNc1cc(=O)n(C)c2ccccc12. The zero-order valence-corrected chi connectivity index (χ0v) is 12.8. The number of thioether (sulfide) groups is 1. The number of hydrogen-bond donors (Lipinski definition) is 2. The van der Waals surface area contributed by atoms with Crippen LogP contribution in [0.5, 0.6) is 0 Å². The van der Waals surface area contributed by atoms with Crippen LogP contribution >= 0.6 is 11.8 Å². The second-order valence-corrected chi connectivity index (χ2v) is 6.12. The lowest BCUT2D eigenvalue weighted by molar-refractivity contribution is 0.0997. The molecule has 1 aromatic heterocycles. The third-order valence-corrected chi connectivity index (χ3v) is 4.18. The molecule has 0 aliphatic heterocycles. The summed E-state index contributed by atoms with van der Waals surface area (Å²) >= 11 is 1.60. The van der Waals surface area contributed by atoms with E-state index in [2.05, 4.69) is 5.32 Å². The molecule has 1 unspecified atom stereocenters. The highest BCUT2D eigenvalue weighted by Gasteiger charge is 2.19. The van der Waals surface area contributed by atoms with Gasteiger partial charge in [-0.1, -0.05) is 18.2 Å². The Bertz CT molecular complexity index is 664. The quantitative estimate of drug-likeness (QED) is 0.886. The number of nitrogens with one attached hydrogen (secondary N) is 1. The molecule has 0 amide bonds. The molecule has 0 saturated heterocycles. The van der Waals surface area contributed by atoms with Gasteiger partial charge in [0.15, 0.2) is 0 Å². The Labute approximate surface area is 122 Å². The molecule has 0 saturated carbocycles. The van der Waals surface area contributed by atoms with Crippen LogP contribution in [0.2, 0.25) is 0 Å². The number of fused-ring (bicyclic) bond motifs is 1. The molecule has 1 aromatic carbocycles. The maximum absolute atomic E-state index is 12.0. The summed E-state index contributed by atoms with van der Waals surface area (Å²) in [6.45, 7) is 2.20. The topological polar surface area (TPSA) is 54.3 Å². The molecule has 2 rings (SSSR count). The number of benzene rings is 1. The average Bonchev–Trinajstić information content (AvgIpc) is 2.41. The second-order valence-electron chi connectivity index (χ2n) is 5.26. The molecule has 0 fully saturated rings. The molecule has 5 heteroatoms. The third-order valence-electron chi connectivity index (χ3n) is 3.27. The summed E-state index contributed by atoms with van der Waals surface area (Å²) in [4.78, 5) is 12.0. The Morgan fingerprint density at radius 1 is 1.40 bits per heavy atom. The smallest absolute Gasteiger partial charge is 0.252 e. The van der Waals surface area contributed by atoms with Crippen molar-refractivity contribution in [3.8, 4) is 0 Å². The van der Waals surface area contributed by atoms with Crippen LogP contribution in [0.1, 0.15) is 6.92 Å². The van der Waals surface area contributed by atoms with E-state index >= 15 is 0 Å². The first-order valence-electron chi connectivity index (χ1n) is 6.48. The van der Waals surface area contributed by atoms with Gasteiger partial charge < -0.3 is 15.0 Å². The molecule has 2 N–H and O–H groups in total. The van der Waals surface area contributed by atoms with E-state index < -0.39 is 5.60 Å². The molecule has 0 spiro atoms. The number of hydrogen-bond acceptors (Lipinski definition) is 4. The van der Waals surface area contributed by atoms with Crippen LogP contribution in [0.4, 0.5) is 5.69 Å². The highest BCUT2D eigenvalue weighted by molar-refractivity contribution is 7.98. The van der Waals surface area contributed by atoms with Gasteiger partial charge >= 0.3 is 0 Å².